The van der Waals surface area contributed by atoms with Crippen LogP contribution in [0.25, 0.3) is 32.7 Å². The van der Waals surface area contributed by atoms with Gasteiger partial charge in [-0.25, -0.2) is 19.6 Å². The maximum atomic E-state index is 11.9. The zero-order valence-corrected chi connectivity index (χ0v) is 23.3. The molecule has 16 heteroatoms. The number of carboxylic acids is 2. The molecule has 0 aliphatic carbocycles. The van der Waals surface area contributed by atoms with Gasteiger partial charge in [0, 0.05) is 16.2 Å². The molecule has 0 radical (unpaired) electrons. The van der Waals surface area contributed by atoms with Crippen LogP contribution in [0.2, 0.25) is 0 Å². The highest BCUT2D eigenvalue weighted by atomic mass is 32.2. The molecule has 0 aliphatic rings. The number of rotatable bonds is 7. The summed E-state index contributed by atoms with van der Waals surface area (Å²) in [6.07, 6.45) is 1.40. The first-order valence-corrected chi connectivity index (χ1v) is 14.2. The number of hydrogen-bond donors (Lipinski definition) is 4. The minimum atomic E-state index is -4.44. The van der Waals surface area contributed by atoms with E-state index in [0.717, 1.165) is 0 Å². The second-order valence-electron chi connectivity index (χ2n) is 9.40. The van der Waals surface area contributed by atoms with Gasteiger partial charge in [-0.3, -0.25) is 9.54 Å². The van der Waals surface area contributed by atoms with Gasteiger partial charge < -0.3 is 15.3 Å². The van der Waals surface area contributed by atoms with E-state index >= 15 is 0 Å². The first kappa shape index (κ1) is 28.8. The Labute approximate surface area is 251 Å². The van der Waals surface area contributed by atoms with Crippen molar-refractivity contribution >= 4 is 77.5 Å². The van der Waals surface area contributed by atoms with Crippen LogP contribution in [0.1, 0.15) is 21.0 Å². The van der Waals surface area contributed by atoms with Gasteiger partial charge in [0.2, 0.25) is 0 Å². The second kappa shape index (κ2) is 11.1. The van der Waals surface area contributed by atoms with Gasteiger partial charge in [0.15, 0.2) is 17.1 Å². The molecule has 45 heavy (non-hydrogen) atoms. The van der Waals surface area contributed by atoms with E-state index in [2.05, 4.69) is 35.4 Å². The lowest BCUT2D eigenvalue weighted by molar-refractivity contribution is 0.0680. The van der Waals surface area contributed by atoms with E-state index in [1.165, 1.54) is 66.9 Å². The Morgan fingerprint density at radius 3 is 2.24 bits per heavy atom. The molecule has 4 N–H and O–H groups in total. The van der Waals surface area contributed by atoms with Crippen molar-refractivity contribution < 1.29 is 37.9 Å². The third-order valence-electron chi connectivity index (χ3n) is 6.54. The Hall–Kier alpha value is -6.26. The monoisotopic (exact) mass is 623 g/mol. The smallest absolute Gasteiger partial charge is 0.357 e. The summed E-state index contributed by atoms with van der Waals surface area (Å²) in [4.78, 5) is 35.7. The Morgan fingerprint density at radius 2 is 1.49 bits per heavy atom. The number of aromatic nitrogens is 3. The first-order valence-electron chi connectivity index (χ1n) is 12.7. The normalized spacial score (nSPS) is 12.1. The van der Waals surface area contributed by atoms with Crippen molar-refractivity contribution in [1.29, 1.82) is 0 Å². The average Bonchev–Trinajstić information content (AvgIpc) is 3.02. The van der Waals surface area contributed by atoms with E-state index in [-0.39, 0.29) is 44.1 Å². The van der Waals surface area contributed by atoms with Gasteiger partial charge in [-0.05, 0) is 60.7 Å². The lowest BCUT2D eigenvalue weighted by Gasteiger charge is -2.08. The molecule has 0 atom stereocenters. The number of pyridine rings is 3. The summed E-state index contributed by atoms with van der Waals surface area (Å²) in [5.41, 5.74) is -0.0434. The van der Waals surface area contributed by atoms with Gasteiger partial charge in [0.25, 0.3) is 10.1 Å². The number of carbonyl (C=O) groups is 2. The Morgan fingerprint density at radius 1 is 0.733 bits per heavy atom. The van der Waals surface area contributed by atoms with E-state index in [9.17, 15) is 37.9 Å². The Kier molecular flexibility index (Phi) is 7.12. The number of aromatic carboxylic acids is 2. The number of nitrogens with zero attached hydrogens (tertiary/aromatic N) is 7. The number of carboxylic acid groups (broad SMARTS) is 2. The summed E-state index contributed by atoms with van der Waals surface area (Å²) in [6, 6.07) is 17.3. The van der Waals surface area contributed by atoms with E-state index in [4.69, 9.17) is 0 Å². The molecule has 3 aromatic carbocycles. The minimum Gasteiger partial charge on any atom is -0.505 e. The molecule has 6 rings (SSSR count). The lowest BCUT2D eigenvalue weighted by Crippen LogP contribution is -2.01. The molecule has 0 saturated carbocycles. The Bertz CT molecular complexity index is 2400. The molecule has 6 aromatic rings. The number of hydrogen-bond acceptors (Lipinski definition) is 12. The van der Waals surface area contributed by atoms with Crippen molar-refractivity contribution in [3.05, 3.63) is 90.4 Å². The number of benzene rings is 3. The number of para-hydroxylation sites is 1. The molecule has 0 saturated heterocycles. The van der Waals surface area contributed by atoms with Crippen LogP contribution in [0.5, 0.6) is 5.75 Å². The maximum absolute atomic E-state index is 11.9. The molecule has 0 spiro atoms. The predicted molar refractivity (Wildman–Crippen MR) is 159 cm³/mol. The van der Waals surface area contributed by atoms with Crippen molar-refractivity contribution in [3.8, 4) is 5.75 Å². The summed E-state index contributed by atoms with van der Waals surface area (Å²) in [5.74, 6) is -3.22. The van der Waals surface area contributed by atoms with Crippen LogP contribution in [-0.4, -0.2) is 55.2 Å². The second-order valence-corrected chi connectivity index (χ2v) is 10.8. The molecule has 0 bridgehead atoms. The van der Waals surface area contributed by atoms with Crippen molar-refractivity contribution in [1.82, 2.24) is 15.0 Å². The zero-order chi connectivity index (χ0) is 31.9. The number of aromatic hydroxyl groups is 1. The summed E-state index contributed by atoms with van der Waals surface area (Å²) in [7, 11) is -4.44. The molecule has 0 aliphatic heterocycles. The van der Waals surface area contributed by atoms with Gasteiger partial charge in [-0.2, -0.15) is 8.42 Å². The van der Waals surface area contributed by atoms with E-state index in [1.807, 2.05) is 0 Å². The fourth-order valence-electron chi connectivity index (χ4n) is 4.43. The zero-order valence-electron chi connectivity index (χ0n) is 22.5. The highest BCUT2D eigenvalue weighted by Gasteiger charge is 2.20. The predicted octanol–water partition coefficient (Wildman–Crippen LogP) is 6.51. The summed E-state index contributed by atoms with van der Waals surface area (Å²) >= 11 is 0. The molecule has 3 aromatic heterocycles. The molecule has 0 fully saturated rings. The Balaban J connectivity index is 1.44. The largest absolute Gasteiger partial charge is 0.505 e. The fraction of sp³-hybridized carbons (Fsp3) is 0. The third kappa shape index (κ3) is 5.61. The van der Waals surface area contributed by atoms with E-state index in [0.29, 0.717) is 16.3 Å². The molecule has 0 amide bonds. The standard InChI is InChI=1S/C29H17N7O8S/c37-27-18-3-1-2-4-20(18)31-26(29(40)41)25(27)36-35-22-10-9-21(17-6-8-23(28(38)39)32-24(17)22)34-33-15-11-14-12-16(45(42,43)44)5-7-19(14)30-13-15/h1-13H,(H,31,37)(H,38,39)(H,40,41)(H,42,43,44). The van der Waals surface area contributed by atoms with Crippen LogP contribution in [0.3, 0.4) is 0 Å². The average molecular weight is 624 g/mol. The molecule has 222 valence electrons. The third-order valence-corrected chi connectivity index (χ3v) is 7.39. The van der Waals surface area contributed by atoms with Crippen molar-refractivity contribution in [2.24, 2.45) is 20.5 Å². The number of azo groups is 2. The topological polar surface area (TPSA) is 237 Å². The van der Waals surface area contributed by atoms with Crippen LogP contribution in [0.15, 0.2) is 104 Å². The first-order chi connectivity index (χ1) is 21.5. The molecular weight excluding hydrogens is 606 g/mol. The van der Waals surface area contributed by atoms with Gasteiger partial charge in [-0.15, -0.1) is 20.5 Å². The minimum absolute atomic E-state index is 0.0288. The molecule has 3 heterocycles. The van der Waals surface area contributed by atoms with Crippen molar-refractivity contribution in [2.45, 2.75) is 4.90 Å². The van der Waals surface area contributed by atoms with Crippen LogP contribution in [-0.2, 0) is 10.1 Å². The van der Waals surface area contributed by atoms with Crippen molar-refractivity contribution in [2.75, 3.05) is 0 Å². The van der Waals surface area contributed by atoms with Crippen LogP contribution >= 0.6 is 0 Å². The summed E-state index contributed by atoms with van der Waals surface area (Å²) < 4.78 is 32.4. The molecule has 15 nitrogen and oxygen atoms in total. The highest BCUT2D eigenvalue weighted by molar-refractivity contribution is 7.85. The van der Waals surface area contributed by atoms with Gasteiger partial charge in [-0.1, -0.05) is 12.1 Å². The quantitative estimate of drug-likeness (QED) is 0.110. The molecular formula is C29H17N7O8S. The van der Waals surface area contributed by atoms with Gasteiger partial charge in [0.05, 0.1) is 27.8 Å². The maximum Gasteiger partial charge on any atom is 0.357 e. The number of fused-ring (bicyclic) bond motifs is 3. The summed E-state index contributed by atoms with van der Waals surface area (Å²) in [5, 5.41) is 47.4. The van der Waals surface area contributed by atoms with Gasteiger partial charge >= 0.3 is 11.9 Å². The SMILES string of the molecule is O=C(O)c1ccc2c(N=Nc3cnc4ccc(S(=O)(=O)O)cc4c3)ccc(N=Nc3c(C(=O)O)nc4ccccc4c3O)c2n1. The van der Waals surface area contributed by atoms with Crippen LogP contribution in [0, 0.1) is 0 Å². The van der Waals surface area contributed by atoms with Gasteiger partial charge in [0.1, 0.15) is 22.6 Å². The van der Waals surface area contributed by atoms with Crippen LogP contribution < -0.4 is 0 Å². The highest BCUT2D eigenvalue weighted by Crippen LogP contribution is 2.39. The lowest BCUT2D eigenvalue weighted by atomic mass is 10.1. The molecule has 0 unspecified atom stereocenters. The fourth-order valence-corrected chi connectivity index (χ4v) is 4.95. The summed E-state index contributed by atoms with van der Waals surface area (Å²) in [6.45, 7) is 0. The van der Waals surface area contributed by atoms with Crippen molar-refractivity contribution in [3.63, 3.8) is 0 Å². The van der Waals surface area contributed by atoms with Crippen LogP contribution in [0.4, 0.5) is 22.7 Å². The van der Waals surface area contributed by atoms with E-state index in [1.54, 1.807) is 12.1 Å². The van der Waals surface area contributed by atoms with E-state index < -0.39 is 39.2 Å².